The first-order valence-electron chi connectivity index (χ1n) is 7.35. The van der Waals surface area contributed by atoms with E-state index in [-0.39, 0.29) is 24.2 Å². The molecule has 1 aromatic carbocycles. The van der Waals surface area contributed by atoms with E-state index in [0.29, 0.717) is 6.54 Å². The molecule has 0 bridgehead atoms. The molecule has 4 heteroatoms. The Hall–Kier alpha value is -1.39. The third kappa shape index (κ3) is 2.23. The molecule has 1 heterocycles. The standard InChI is InChI=1S/C16H22N2O2/c1-11-6-3-4-7-12(11)16-17-10-15(19)18(16)13-8-5-9-14(13)20-2/h3-4,6-7,13-14,16-17H,5,8-10H2,1-2H3. The predicted molar refractivity (Wildman–Crippen MR) is 77.2 cm³/mol. The van der Waals surface area contributed by atoms with Crippen molar-refractivity contribution in [3.8, 4) is 0 Å². The molecule has 3 atom stereocenters. The van der Waals surface area contributed by atoms with Crippen LogP contribution in [0.1, 0.15) is 36.6 Å². The van der Waals surface area contributed by atoms with Crippen LogP contribution in [-0.4, -0.2) is 36.6 Å². The second-order valence-electron chi connectivity index (χ2n) is 5.71. The maximum Gasteiger partial charge on any atom is 0.238 e. The molecule has 0 radical (unpaired) electrons. The van der Waals surface area contributed by atoms with Gasteiger partial charge in [-0.05, 0) is 37.3 Å². The minimum atomic E-state index is -0.00977. The minimum Gasteiger partial charge on any atom is -0.379 e. The molecule has 4 nitrogen and oxygen atoms in total. The zero-order valence-electron chi connectivity index (χ0n) is 12.1. The van der Waals surface area contributed by atoms with E-state index in [1.54, 1.807) is 7.11 Å². The van der Waals surface area contributed by atoms with E-state index in [1.807, 2.05) is 17.0 Å². The Balaban J connectivity index is 1.91. The highest BCUT2D eigenvalue weighted by Gasteiger charge is 2.42. The van der Waals surface area contributed by atoms with Crippen LogP contribution in [0.5, 0.6) is 0 Å². The SMILES string of the molecule is COC1CCCC1N1C(=O)CNC1c1ccccc1C. The number of benzene rings is 1. The average molecular weight is 274 g/mol. The summed E-state index contributed by atoms with van der Waals surface area (Å²) in [5, 5.41) is 3.36. The van der Waals surface area contributed by atoms with E-state index < -0.39 is 0 Å². The Morgan fingerprint density at radius 3 is 2.85 bits per heavy atom. The number of ether oxygens (including phenoxy) is 1. The number of carbonyl (C=O) groups excluding carboxylic acids is 1. The second kappa shape index (κ2) is 5.54. The second-order valence-corrected chi connectivity index (χ2v) is 5.71. The lowest BCUT2D eigenvalue weighted by Gasteiger charge is -2.34. The molecule has 1 aromatic rings. The number of nitrogens with zero attached hydrogens (tertiary/aromatic N) is 1. The number of hydrogen-bond donors (Lipinski definition) is 1. The average Bonchev–Trinajstić information content (AvgIpc) is 3.05. The molecule has 2 aliphatic rings. The van der Waals surface area contributed by atoms with Crippen LogP contribution in [0.3, 0.4) is 0 Å². The van der Waals surface area contributed by atoms with Gasteiger partial charge in [-0.1, -0.05) is 24.3 Å². The molecule has 1 saturated heterocycles. The lowest BCUT2D eigenvalue weighted by atomic mass is 10.0. The summed E-state index contributed by atoms with van der Waals surface area (Å²) in [4.78, 5) is 14.3. The highest BCUT2D eigenvalue weighted by atomic mass is 16.5. The summed E-state index contributed by atoms with van der Waals surface area (Å²) in [7, 11) is 1.75. The van der Waals surface area contributed by atoms with Gasteiger partial charge in [0.25, 0.3) is 0 Å². The van der Waals surface area contributed by atoms with Crippen molar-refractivity contribution in [2.24, 2.45) is 0 Å². The predicted octanol–water partition coefficient (Wildman–Crippen LogP) is 1.99. The number of hydrogen-bond acceptors (Lipinski definition) is 3. The number of aryl methyl sites for hydroxylation is 1. The monoisotopic (exact) mass is 274 g/mol. The first-order valence-corrected chi connectivity index (χ1v) is 7.35. The number of carbonyl (C=O) groups is 1. The maximum absolute atomic E-state index is 12.3. The van der Waals surface area contributed by atoms with Gasteiger partial charge in [0.05, 0.1) is 18.7 Å². The molecular weight excluding hydrogens is 252 g/mol. The Morgan fingerprint density at radius 2 is 2.10 bits per heavy atom. The minimum absolute atomic E-state index is 0.00977. The molecule has 3 unspecified atom stereocenters. The lowest BCUT2D eigenvalue weighted by Crippen LogP contribution is -2.44. The highest BCUT2D eigenvalue weighted by Crippen LogP contribution is 2.34. The zero-order chi connectivity index (χ0) is 14.1. The van der Waals surface area contributed by atoms with E-state index in [4.69, 9.17) is 4.74 Å². The number of nitrogens with one attached hydrogen (secondary N) is 1. The van der Waals surface area contributed by atoms with E-state index in [9.17, 15) is 4.79 Å². The summed E-state index contributed by atoms with van der Waals surface area (Å²) >= 11 is 0. The van der Waals surface area contributed by atoms with Crippen LogP contribution >= 0.6 is 0 Å². The molecule has 3 rings (SSSR count). The van der Waals surface area contributed by atoms with Gasteiger partial charge in [0.15, 0.2) is 0 Å². The third-order valence-electron chi connectivity index (χ3n) is 4.57. The van der Waals surface area contributed by atoms with Crippen molar-refractivity contribution in [2.45, 2.75) is 44.5 Å². The van der Waals surface area contributed by atoms with E-state index in [0.717, 1.165) is 19.3 Å². The molecule has 1 aliphatic carbocycles. The van der Waals surface area contributed by atoms with Gasteiger partial charge < -0.3 is 9.64 Å². The Bertz CT molecular complexity index is 503. The van der Waals surface area contributed by atoms with Gasteiger partial charge in [0.1, 0.15) is 6.17 Å². The molecule has 1 N–H and O–H groups in total. The molecule has 2 fully saturated rings. The van der Waals surface area contributed by atoms with Crippen LogP contribution in [-0.2, 0) is 9.53 Å². The van der Waals surface area contributed by atoms with Crippen molar-refractivity contribution in [2.75, 3.05) is 13.7 Å². The lowest BCUT2D eigenvalue weighted by molar-refractivity contribution is -0.132. The molecule has 1 saturated carbocycles. The van der Waals surface area contributed by atoms with E-state index >= 15 is 0 Å². The molecule has 20 heavy (non-hydrogen) atoms. The Labute approximate surface area is 120 Å². The summed E-state index contributed by atoms with van der Waals surface area (Å²) in [5.74, 6) is 0.187. The fourth-order valence-corrected chi connectivity index (χ4v) is 3.55. The maximum atomic E-state index is 12.3. The molecule has 0 spiro atoms. The van der Waals surface area contributed by atoms with Crippen LogP contribution in [0.2, 0.25) is 0 Å². The summed E-state index contributed by atoms with van der Waals surface area (Å²) in [6.07, 6.45) is 3.38. The van der Waals surface area contributed by atoms with Gasteiger partial charge in [0, 0.05) is 7.11 Å². The molecular formula is C16H22N2O2. The van der Waals surface area contributed by atoms with Gasteiger partial charge in [-0.3, -0.25) is 10.1 Å². The van der Waals surface area contributed by atoms with Gasteiger partial charge in [-0.2, -0.15) is 0 Å². The largest absolute Gasteiger partial charge is 0.379 e. The number of methoxy groups -OCH3 is 1. The van der Waals surface area contributed by atoms with Gasteiger partial charge in [-0.25, -0.2) is 0 Å². The topological polar surface area (TPSA) is 41.6 Å². The third-order valence-corrected chi connectivity index (χ3v) is 4.57. The van der Waals surface area contributed by atoms with Crippen molar-refractivity contribution < 1.29 is 9.53 Å². The van der Waals surface area contributed by atoms with Crippen molar-refractivity contribution in [1.29, 1.82) is 0 Å². The number of amides is 1. The smallest absolute Gasteiger partial charge is 0.238 e. The van der Waals surface area contributed by atoms with Gasteiger partial charge in [-0.15, -0.1) is 0 Å². The Morgan fingerprint density at radius 1 is 1.30 bits per heavy atom. The van der Waals surface area contributed by atoms with Gasteiger partial charge in [0.2, 0.25) is 5.91 Å². The normalized spacial score (nSPS) is 30.2. The van der Waals surface area contributed by atoms with Crippen LogP contribution < -0.4 is 5.32 Å². The summed E-state index contributed by atoms with van der Waals surface area (Å²) < 4.78 is 5.58. The fourth-order valence-electron chi connectivity index (χ4n) is 3.55. The molecule has 1 amide bonds. The first-order chi connectivity index (χ1) is 9.72. The number of rotatable bonds is 3. The van der Waals surface area contributed by atoms with E-state index in [2.05, 4.69) is 24.4 Å². The zero-order valence-corrected chi connectivity index (χ0v) is 12.1. The highest BCUT2D eigenvalue weighted by molar-refractivity contribution is 5.81. The molecule has 108 valence electrons. The fraction of sp³-hybridized carbons (Fsp3) is 0.562. The van der Waals surface area contributed by atoms with Crippen LogP contribution in [0, 0.1) is 6.92 Å². The van der Waals surface area contributed by atoms with Crippen molar-refractivity contribution >= 4 is 5.91 Å². The summed E-state index contributed by atoms with van der Waals surface area (Å²) in [5.41, 5.74) is 2.41. The summed E-state index contributed by atoms with van der Waals surface area (Å²) in [6.45, 7) is 2.52. The van der Waals surface area contributed by atoms with Gasteiger partial charge >= 0.3 is 0 Å². The first kappa shape index (κ1) is 13.6. The van der Waals surface area contributed by atoms with Crippen molar-refractivity contribution in [3.63, 3.8) is 0 Å². The van der Waals surface area contributed by atoms with Crippen LogP contribution in [0.25, 0.3) is 0 Å². The van der Waals surface area contributed by atoms with Crippen molar-refractivity contribution in [1.82, 2.24) is 10.2 Å². The van der Waals surface area contributed by atoms with E-state index in [1.165, 1.54) is 11.1 Å². The molecule has 1 aliphatic heterocycles. The van der Waals surface area contributed by atoms with Crippen LogP contribution in [0.15, 0.2) is 24.3 Å². The quantitative estimate of drug-likeness (QED) is 0.916. The van der Waals surface area contributed by atoms with Crippen LogP contribution in [0.4, 0.5) is 0 Å². The van der Waals surface area contributed by atoms with Crippen molar-refractivity contribution in [3.05, 3.63) is 35.4 Å². The Kier molecular flexibility index (Phi) is 3.76. The summed E-state index contributed by atoms with van der Waals surface area (Å²) in [6, 6.07) is 8.48. The molecule has 0 aromatic heterocycles.